The number of hydrogen-bond donors (Lipinski definition) is 0. The van der Waals surface area contributed by atoms with Crippen LogP contribution in [-0.4, -0.2) is 18.2 Å². The number of carbonyl (C=O) groups is 1. The third-order valence-electron chi connectivity index (χ3n) is 7.06. The molecule has 0 heterocycles. The van der Waals surface area contributed by atoms with Crippen LogP contribution in [0.2, 0.25) is 0 Å². The molecule has 1 aromatic carbocycles. The Morgan fingerprint density at radius 3 is 2.19 bits per heavy atom. The van der Waals surface area contributed by atoms with Gasteiger partial charge in [-0.1, -0.05) is 24.3 Å². The first-order valence-electron chi connectivity index (χ1n) is 12.4. The summed E-state index contributed by atoms with van der Waals surface area (Å²) in [4.78, 5) is 12.2. The van der Waals surface area contributed by atoms with Crippen molar-refractivity contribution in [3.63, 3.8) is 0 Å². The Balaban J connectivity index is 1.38. The van der Waals surface area contributed by atoms with Gasteiger partial charge in [-0.2, -0.15) is 0 Å². The molecule has 2 saturated carbocycles. The zero-order valence-corrected chi connectivity index (χ0v) is 19.4. The standard InChI is InChI=1S/C28H39FO3/c1-3-5-7-22-10-16-26(17-11-22)32-28(30)20-27(29)23-12-18-25(19-13-23)31-24-14-8-21(6-4-2)9-15-24/h3-4,12-13,18-19,21-22,24,26-27H,1-2,5-11,14-17,20H2. The first-order chi connectivity index (χ1) is 15.6. The summed E-state index contributed by atoms with van der Waals surface area (Å²) in [6.07, 6.45) is 14.2. The summed E-state index contributed by atoms with van der Waals surface area (Å²) in [6.45, 7) is 7.61. The lowest BCUT2D eigenvalue weighted by Gasteiger charge is -2.28. The molecule has 0 aliphatic heterocycles. The SMILES string of the molecule is C=CCCC1CCC(OC(=O)CC(F)c2ccc(OC3CCC(CC=C)CC3)cc2)CC1. The Bertz CT molecular complexity index is 713. The van der Waals surface area contributed by atoms with Crippen LogP contribution in [-0.2, 0) is 9.53 Å². The molecule has 4 heteroatoms. The molecule has 2 aliphatic rings. The summed E-state index contributed by atoms with van der Waals surface area (Å²) in [7, 11) is 0. The quantitative estimate of drug-likeness (QED) is 0.260. The van der Waals surface area contributed by atoms with E-state index in [-0.39, 0.29) is 18.6 Å². The average molecular weight is 443 g/mol. The Kier molecular flexibility index (Phi) is 9.83. The van der Waals surface area contributed by atoms with Crippen molar-refractivity contribution < 1.29 is 18.7 Å². The van der Waals surface area contributed by atoms with Crippen LogP contribution in [0.4, 0.5) is 4.39 Å². The van der Waals surface area contributed by atoms with Crippen molar-refractivity contribution in [2.75, 3.05) is 0 Å². The number of rotatable bonds is 11. The molecule has 0 N–H and O–H groups in total. The fourth-order valence-electron chi connectivity index (χ4n) is 5.06. The van der Waals surface area contributed by atoms with Gasteiger partial charge in [0.25, 0.3) is 0 Å². The van der Waals surface area contributed by atoms with Crippen molar-refractivity contribution in [1.82, 2.24) is 0 Å². The summed E-state index contributed by atoms with van der Waals surface area (Å²) in [5.74, 6) is 1.75. The van der Waals surface area contributed by atoms with Gasteiger partial charge in [-0.05, 0) is 100 Å². The lowest BCUT2D eigenvalue weighted by Crippen LogP contribution is -2.25. The Hall–Kier alpha value is -2.10. The minimum absolute atomic E-state index is 0.0629. The zero-order chi connectivity index (χ0) is 22.8. The van der Waals surface area contributed by atoms with Crippen molar-refractivity contribution in [2.45, 2.75) is 95.4 Å². The Labute approximate surface area is 193 Å². The third-order valence-corrected chi connectivity index (χ3v) is 7.06. The molecule has 0 aromatic heterocycles. The van der Waals surface area contributed by atoms with E-state index in [1.807, 2.05) is 24.3 Å². The minimum Gasteiger partial charge on any atom is -0.490 e. The molecule has 0 spiro atoms. The van der Waals surface area contributed by atoms with E-state index in [9.17, 15) is 9.18 Å². The van der Waals surface area contributed by atoms with Crippen LogP contribution < -0.4 is 4.74 Å². The summed E-state index contributed by atoms with van der Waals surface area (Å²) in [5.41, 5.74) is 0.497. The monoisotopic (exact) mass is 442 g/mol. The number of ether oxygens (including phenoxy) is 2. The molecule has 2 aliphatic carbocycles. The summed E-state index contributed by atoms with van der Waals surface area (Å²) < 4.78 is 26.3. The lowest BCUT2D eigenvalue weighted by atomic mass is 9.84. The summed E-state index contributed by atoms with van der Waals surface area (Å²) in [6, 6.07) is 7.07. The molecule has 1 unspecified atom stereocenters. The summed E-state index contributed by atoms with van der Waals surface area (Å²) in [5, 5.41) is 0. The van der Waals surface area contributed by atoms with E-state index in [1.165, 1.54) is 12.8 Å². The third kappa shape index (κ3) is 7.79. The highest BCUT2D eigenvalue weighted by molar-refractivity contribution is 5.70. The molecule has 0 amide bonds. The fourth-order valence-corrected chi connectivity index (χ4v) is 5.06. The molecular weight excluding hydrogens is 403 g/mol. The number of benzene rings is 1. The second-order valence-corrected chi connectivity index (χ2v) is 9.52. The van der Waals surface area contributed by atoms with E-state index in [4.69, 9.17) is 9.47 Å². The van der Waals surface area contributed by atoms with Gasteiger partial charge < -0.3 is 9.47 Å². The number of halogens is 1. The van der Waals surface area contributed by atoms with Crippen LogP contribution in [0.15, 0.2) is 49.6 Å². The van der Waals surface area contributed by atoms with Crippen molar-refractivity contribution >= 4 is 5.97 Å². The second kappa shape index (κ2) is 12.8. The fraction of sp³-hybridized carbons (Fsp3) is 0.607. The molecule has 0 bridgehead atoms. The van der Waals surface area contributed by atoms with E-state index in [1.54, 1.807) is 12.1 Å². The van der Waals surface area contributed by atoms with E-state index < -0.39 is 12.1 Å². The van der Waals surface area contributed by atoms with Crippen LogP contribution in [0.25, 0.3) is 0 Å². The largest absolute Gasteiger partial charge is 0.490 e. The number of allylic oxidation sites excluding steroid dienone is 2. The van der Waals surface area contributed by atoms with Gasteiger partial charge in [0, 0.05) is 0 Å². The lowest BCUT2D eigenvalue weighted by molar-refractivity contribution is -0.152. The topological polar surface area (TPSA) is 35.5 Å². The van der Waals surface area contributed by atoms with Crippen LogP contribution in [0.5, 0.6) is 5.75 Å². The number of alkyl halides is 1. The van der Waals surface area contributed by atoms with Crippen molar-refractivity contribution in [3.05, 3.63) is 55.1 Å². The first-order valence-corrected chi connectivity index (χ1v) is 12.4. The molecule has 3 rings (SSSR count). The molecular formula is C28H39FO3. The normalized spacial score (nSPS) is 26.7. The molecule has 0 saturated heterocycles. The maximum Gasteiger partial charge on any atom is 0.309 e. The van der Waals surface area contributed by atoms with Gasteiger partial charge in [-0.3, -0.25) is 4.79 Å². The van der Waals surface area contributed by atoms with Gasteiger partial charge in [0.15, 0.2) is 0 Å². The maximum absolute atomic E-state index is 14.7. The molecule has 176 valence electrons. The first kappa shape index (κ1) is 24.5. The highest BCUT2D eigenvalue weighted by Crippen LogP contribution is 2.32. The Morgan fingerprint density at radius 1 is 0.938 bits per heavy atom. The van der Waals surface area contributed by atoms with Crippen LogP contribution in [0.3, 0.4) is 0 Å². The van der Waals surface area contributed by atoms with Crippen molar-refractivity contribution in [2.24, 2.45) is 11.8 Å². The molecule has 2 fully saturated rings. The molecule has 0 radical (unpaired) electrons. The average Bonchev–Trinajstić information content (AvgIpc) is 2.80. The number of esters is 1. The predicted octanol–water partition coefficient (Wildman–Crippen LogP) is 7.67. The maximum atomic E-state index is 14.7. The van der Waals surface area contributed by atoms with Gasteiger partial charge >= 0.3 is 5.97 Å². The zero-order valence-electron chi connectivity index (χ0n) is 19.4. The molecule has 1 atom stereocenters. The second-order valence-electron chi connectivity index (χ2n) is 9.52. The van der Waals surface area contributed by atoms with Crippen LogP contribution in [0, 0.1) is 11.8 Å². The van der Waals surface area contributed by atoms with Gasteiger partial charge in [0.2, 0.25) is 0 Å². The van der Waals surface area contributed by atoms with Crippen LogP contribution in [0.1, 0.15) is 88.8 Å². The minimum atomic E-state index is -1.35. The van der Waals surface area contributed by atoms with Crippen LogP contribution >= 0.6 is 0 Å². The van der Waals surface area contributed by atoms with Gasteiger partial charge in [0.1, 0.15) is 18.0 Å². The van der Waals surface area contributed by atoms with E-state index in [0.717, 1.165) is 69.5 Å². The molecule has 3 nitrogen and oxygen atoms in total. The predicted molar refractivity (Wildman–Crippen MR) is 127 cm³/mol. The van der Waals surface area contributed by atoms with Gasteiger partial charge in [-0.25, -0.2) is 4.39 Å². The summed E-state index contributed by atoms with van der Waals surface area (Å²) >= 11 is 0. The van der Waals surface area contributed by atoms with Gasteiger partial charge in [0.05, 0.1) is 12.5 Å². The van der Waals surface area contributed by atoms with Crippen molar-refractivity contribution in [3.8, 4) is 5.75 Å². The highest BCUT2D eigenvalue weighted by atomic mass is 19.1. The smallest absolute Gasteiger partial charge is 0.309 e. The highest BCUT2D eigenvalue weighted by Gasteiger charge is 2.25. The van der Waals surface area contributed by atoms with E-state index in [0.29, 0.717) is 11.5 Å². The molecule has 1 aromatic rings. The Morgan fingerprint density at radius 2 is 1.56 bits per heavy atom. The van der Waals surface area contributed by atoms with E-state index >= 15 is 0 Å². The van der Waals surface area contributed by atoms with E-state index in [2.05, 4.69) is 13.2 Å². The van der Waals surface area contributed by atoms with Crippen molar-refractivity contribution in [1.29, 1.82) is 0 Å². The number of hydrogen-bond acceptors (Lipinski definition) is 3. The number of carbonyl (C=O) groups excluding carboxylic acids is 1. The molecule has 32 heavy (non-hydrogen) atoms. The van der Waals surface area contributed by atoms with Gasteiger partial charge in [-0.15, -0.1) is 13.2 Å².